The van der Waals surface area contributed by atoms with E-state index in [2.05, 4.69) is 53.2 Å². The molecular weight excluding hydrogens is 264 g/mol. The van der Waals surface area contributed by atoms with Crippen LogP contribution in [0.5, 0.6) is 0 Å². The normalized spacial score (nSPS) is 10.8. The molecule has 0 aliphatic rings. The Morgan fingerprint density at radius 1 is 1.05 bits per heavy atom. The predicted molar refractivity (Wildman–Crippen MR) is 88.0 cm³/mol. The molecule has 0 aliphatic carbocycles. The molecule has 3 rings (SSSR count). The maximum absolute atomic E-state index is 5.71. The van der Waals surface area contributed by atoms with Crippen LogP contribution in [0.1, 0.15) is 11.1 Å². The second kappa shape index (κ2) is 5.47. The van der Waals surface area contributed by atoms with E-state index >= 15 is 0 Å². The summed E-state index contributed by atoms with van der Waals surface area (Å²) in [6, 6.07) is 18.8. The summed E-state index contributed by atoms with van der Waals surface area (Å²) in [4.78, 5) is 0.447. The molecule has 0 bridgehead atoms. The predicted octanol–water partition coefficient (Wildman–Crippen LogP) is 3.52. The highest BCUT2D eigenvalue weighted by atomic mass is 32.1. The van der Waals surface area contributed by atoms with Gasteiger partial charge >= 0.3 is 0 Å². The zero-order valence-electron chi connectivity index (χ0n) is 11.1. The molecule has 3 heteroatoms. The molecule has 0 saturated heterocycles. The highest BCUT2D eigenvalue weighted by Crippen LogP contribution is 2.18. The van der Waals surface area contributed by atoms with Crippen molar-refractivity contribution in [3.63, 3.8) is 0 Å². The van der Waals surface area contributed by atoms with E-state index in [0.717, 1.165) is 18.5 Å². The Bertz CT molecular complexity index is 744. The molecule has 0 amide bonds. The average Bonchev–Trinajstić information content (AvgIpc) is 2.88. The summed E-state index contributed by atoms with van der Waals surface area (Å²) < 4.78 is 2.25. The van der Waals surface area contributed by atoms with Gasteiger partial charge < -0.3 is 10.3 Å². The van der Waals surface area contributed by atoms with Crippen LogP contribution in [0.4, 0.5) is 0 Å². The van der Waals surface area contributed by atoms with Crippen LogP contribution < -0.4 is 5.73 Å². The second-order valence-electron chi connectivity index (χ2n) is 4.88. The number of nitrogens with two attached hydrogens (primary N) is 1. The third kappa shape index (κ3) is 2.58. The lowest BCUT2D eigenvalue weighted by Gasteiger charge is -2.07. The Kier molecular flexibility index (Phi) is 3.52. The summed E-state index contributed by atoms with van der Waals surface area (Å²) in [6.45, 7) is 0.953. The van der Waals surface area contributed by atoms with E-state index in [9.17, 15) is 0 Å². The fraction of sp³-hybridized carbons (Fsp3) is 0.118. The lowest BCUT2D eigenvalue weighted by atomic mass is 10.1. The van der Waals surface area contributed by atoms with Gasteiger partial charge in [0.15, 0.2) is 0 Å². The fourth-order valence-electron chi connectivity index (χ4n) is 2.43. The Morgan fingerprint density at radius 2 is 1.85 bits per heavy atom. The third-order valence-electron chi connectivity index (χ3n) is 3.54. The number of aromatic nitrogens is 1. The molecule has 0 radical (unpaired) electrons. The minimum atomic E-state index is 0.447. The largest absolute Gasteiger partial charge is 0.389 e. The minimum Gasteiger partial charge on any atom is -0.389 e. The van der Waals surface area contributed by atoms with E-state index in [1.54, 1.807) is 0 Å². The Hall–Kier alpha value is -2.13. The monoisotopic (exact) mass is 280 g/mol. The van der Waals surface area contributed by atoms with Gasteiger partial charge in [0.25, 0.3) is 0 Å². The van der Waals surface area contributed by atoms with Crippen LogP contribution in [0.2, 0.25) is 0 Å². The number of rotatable bonds is 4. The summed E-state index contributed by atoms with van der Waals surface area (Å²) >= 11 is 5.05. The van der Waals surface area contributed by atoms with E-state index in [4.69, 9.17) is 18.0 Å². The van der Waals surface area contributed by atoms with Crippen molar-refractivity contribution >= 4 is 28.1 Å². The zero-order valence-corrected chi connectivity index (χ0v) is 11.9. The summed E-state index contributed by atoms with van der Waals surface area (Å²) in [5.41, 5.74) is 9.17. The van der Waals surface area contributed by atoms with Gasteiger partial charge in [-0.25, -0.2) is 0 Å². The molecule has 3 aromatic rings. The number of thiocarbonyl (C=S) groups is 1. The van der Waals surface area contributed by atoms with E-state index in [1.807, 2.05) is 12.1 Å². The van der Waals surface area contributed by atoms with Gasteiger partial charge in [-0.15, -0.1) is 0 Å². The molecule has 100 valence electrons. The van der Waals surface area contributed by atoms with Crippen molar-refractivity contribution in [1.29, 1.82) is 0 Å². The van der Waals surface area contributed by atoms with Gasteiger partial charge in [-0.2, -0.15) is 0 Å². The van der Waals surface area contributed by atoms with Crippen molar-refractivity contribution in [3.8, 4) is 0 Å². The van der Waals surface area contributed by atoms with Crippen LogP contribution in [-0.4, -0.2) is 9.56 Å². The van der Waals surface area contributed by atoms with Crippen molar-refractivity contribution < 1.29 is 0 Å². The molecule has 20 heavy (non-hydrogen) atoms. The lowest BCUT2D eigenvalue weighted by molar-refractivity contribution is 0.723. The van der Waals surface area contributed by atoms with Crippen molar-refractivity contribution in [2.75, 3.05) is 0 Å². The average molecular weight is 280 g/mol. The van der Waals surface area contributed by atoms with E-state index in [-0.39, 0.29) is 0 Å². The molecule has 0 atom stereocenters. The molecule has 0 fully saturated rings. The number of benzene rings is 2. The number of hydrogen-bond acceptors (Lipinski definition) is 1. The molecule has 0 spiro atoms. The summed E-state index contributed by atoms with van der Waals surface area (Å²) in [5, 5.41) is 1.22. The molecule has 0 aliphatic heterocycles. The lowest BCUT2D eigenvalue weighted by Crippen LogP contribution is -2.09. The van der Waals surface area contributed by atoms with Crippen LogP contribution in [0.3, 0.4) is 0 Å². The van der Waals surface area contributed by atoms with Gasteiger partial charge in [0.2, 0.25) is 0 Å². The van der Waals surface area contributed by atoms with Gasteiger partial charge in [0.1, 0.15) is 4.99 Å². The van der Waals surface area contributed by atoms with Crippen LogP contribution >= 0.6 is 12.2 Å². The van der Waals surface area contributed by atoms with Crippen LogP contribution in [0.25, 0.3) is 10.9 Å². The number of hydrogen-bond donors (Lipinski definition) is 1. The minimum absolute atomic E-state index is 0.447. The molecular formula is C17H16N2S. The first-order valence-electron chi connectivity index (χ1n) is 6.67. The van der Waals surface area contributed by atoms with Gasteiger partial charge in [-0.3, -0.25) is 0 Å². The van der Waals surface area contributed by atoms with E-state index in [1.165, 1.54) is 16.5 Å². The van der Waals surface area contributed by atoms with Gasteiger partial charge in [0.05, 0.1) is 0 Å². The number of nitrogens with zero attached hydrogens (tertiary/aromatic N) is 1. The molecule has 2 aromatic carbocycles. The molecule has 2 nitrogen and oxygen atoms in total. The van der Waals surface area contributed by atoms with Crippen LogP contribution in [0, 0.1) is 0 Å². The van der Waals surface area contributed by atoms with Crippen LogP contribution in [-0.2, 0) is 13.0 Å². The molecule has 0 saturated carbocycles. The zero-order chi connectivity index (χ0) is 13.9. The topological polar surface area (TPSA) is 30.9 Å². The molecule has 2 N–H and O–H groups in total. The van der Waals surface area contributed by atoms with E-state index < -0.39 is 0 Å². The van der Waals surface area contributed by atoms with E-state index in [0.29, 0.717) is 4.99 Å². The first-order chi connectivity index (χ1) is 9.74. The smallest absolute Gasteiger partial charge is 0.104 e. The Balaban J connectivity index is 1.88. The third-order valence-corrected chi connectivity index (χ3v) is 3.78. The van der Waals surface area contributed by atoms with Crippen LogP contribution in [0.15, 0.2) is 60.8 Å². The van der Waals surface area contributed by atoms with Crippen molar-refractivity contribution in [2.24, 2.45) is 5.73 Å². The first-order valence-corrected chi connectivity index (χ1v) is 7.07. The fourth-order valence-corrected chi connectivity index (χ4v) is 2.55. The summed E-state index contributed by atoms with van der Waals surface area (Å²) in [6.07, 6.45) is 3.14. The highest BCUT2D eigenvalue weighted by molar-refractivity contribution is 7.80. The van der Waals surface area contributed by atoms with Gasteiger partial charge in [-0.1, -0.05) is 54.7 Å². The van der Waals surface area contributed by atoms with Crippen molar-refractivity contribution in [3.05, 3.63) is 71.9 Å². The van der Waals surface area contributed by atoms with Crippen molar-refractivity contribution in [1.82, 2.24) is 4.57 Å². The summed E-state index contributed by atoms with van der Waals surface area (Å²) in [5.74, 6) is 0. The highest BCUT2D eigenvalue weighted by Gasteiger charge is 2.04. The van der Waals surface area contributed by atoms with Gasteiger partial charge in [-0.05, 0) is 29.5 Å². The quantitative estimate of drug-likeness (QED) is 0.741. The standard InChI is InChI=1S/C17H16N2S/c18-17(20)15-7-6-14-9-11-19(16(14)12-15)10-8-13-4-2-1-3-5-13/h1-7,9,11-12H,8,10H2,(H2,18,20). The number of fused-ring (bicyclic) bond motifs is 1. The molecule has 0 unspecified atom stereocenters. The van der Waals surface area contributed by atoms with Crippen molar-refractivity contribution in [2.45, 2.75) is 13.0 Å². The Labute approximate surface area is 123 Å². The number of aryl methyl sites for hydroxylation is 2. The second-order valence-corrected chi connectivity index (χ2v) is 5.32. The maximum atomic E-state index is 5.71. The first kappa shape index (κ1) is 12.9. The Morgan fingerprint density at radius 3 is 2.60 bits per heavy atom. The SMILES string of the molecule is NC(=S)c1ccc2ccn(CCc3ccccc3)c2c1. The maximum Gasteiger partial charge on any atom is 0.104 e. The molecule has 1 heterocycles. The molecule has 1 aromatic heterocycles. The summed E-state index contributed by atoms with van der Waals surface area (Å²) in [7, 11) is 0. The van der Waals surface area contributed by atoms with Gasteiger partial charge in [0, 0.05) is 23.8 Å².